The number of unbranched alkanes of at least 4 members (excludes halogenated alkanes) is 1. The standard InChI is InChI=1S/C14H25NO4/c1-3-5-6-12(14(17)18)15-13(16)10-7-8-19-11(4-2)9-10/h10-12H,3-9H2,1-2H3,(H,15,16)(H,17,18)/t10?,11?,12-/m0/s1. The maximum absolute atomic E-state index is 12.1. The summed E-state index contributed by atoms with van der Waals surface area (Å²) in [5, 5.41) is 11.8. The van der Waals surface area contributed by atoms with Gasteiger partial charge in [0.1, 0.15) is 6.04 Å². The molecule has 2 unspecified atom stereocenters. The summed E-state index contributed by atoms with van der Waals surface area (Å²) >= 11 is 0. The molecule has 19 heavy (non-hydrogen) atoms. The van der Waals surface area contributed by atoms with Gasteiger partial charge in [0.25, 0.3) is 0 Å². The molecule has 1 rings (SSSR count). The minimum absolute atomic E-state index is 0.109. The zero-order valence-corrected chi connectivity index (χ0v) is 11.9. The number of carboxylic acids is 1. The number of hydrogen-bond acceptors (Lipinski definition) is 3. The molecule has 0 aromatic rings. The third-order valence-corrected chi connectivity index (χ3v) is 3.65. The van der Waals surface area contributed by atoms with Crippen molar-refractivity contribution in [2.45, 2.75) is 64.5 Å². The number of hydrogen-bond donors (Lipinski definition) is 2. The van der Waals surface area contributed by atoms with Gasteiger partial charge in [-0.25, -0.2) is 4.79 Å². The summed E-state index contributed by atoms with van der Waals surface area (Å²) in [6.07, 6.45) is 4.63. The van der Waals surface area contributed by atoms with Gasteiger partial charge >= 0.3 is 5.97 Å². The molecule has 0 spiro atoms. The first-order valence-corrected chi connectivity index (χ1v) is 7.23. The van der Waals surface area contributed by atoms with Crippen LogP contribution in [0.1, 0.15) is 52.4 Å². The first-order chi connectivity index (χ1) is 9.08. The van der Waals surface area contributed by atoms with Gasteiger partial charge in [-0.3, -0.25) is 4.79 Å². The summed E-state index contributed by atoms with van der Waals surface area (Å²) in [6, 6.07) is -0.754. The van der Waals surface area contributed by atoms with Crippen molar-refractivity contribution in [3.05, 3.63) is 0 Å². The van der Waals surface area contributed by atoms with Gasteiger partial charge in [-0.15, -0.1) is 0 Å². The van der Waals surface area contributed by atoms with Gasteiger partial charge in [0.05, 0.1) is 6.10 Å². The average molecular weight is 271 g/mol. The molecule has 1 fully saturated rings. The van der Waals surface area contributed by atoms with Gasteiger partial charge in [0.15, 0.2) is 0 Å². The first-order valence-electron chi connectivity index (χ1n) is 7.23. The molecular weight excluding hydrogens is 246 g/mol. The van der Waals surface area contributed by atoms with Gasteiger partial charge in [-0.2, -0.15) is 0 Å². The number of nitrogens with one attached hydrogen (secondary N) is 1. The molecule has 1 amide bonds. The van der Waals surface area contributed by atoms with Crippen LogP contribution in [0.5, 0.6) is 0 Å². The van der Waals surface area contributed by atoms with Crippen molar-refractivity contribution in [3.8, 4) is 0 Å². The third-order valence-electron chi connectivity index (χ3n) is 3.65. The van der Waals surface area contributed by atoms with E-state index in [0.717, 1.165) is 19.3 Å². The van der Waals surface area contributed by atoms with Gasteiger partial charge < -0.3 is 15.2 Å². The van der Waals surface area contributed by atoms with Gasteiger partial charge in [-0.1, -0.05) is 26.7 Å². The topological polar surface area (TPSA) is 75.6 Å². The number of aliphatic carboxylic acids is 1. The van der Waals surface area contributed by atoms with Crippen LogP contribution in [-0.4, -0.2) is 35.7 Å². The number of rotatable bonds is 7. The van der Waals surface area contributed by atoms with Crippen molar-refractivity contribution < 1.29 is 19.4 Å². The van der Waals surface area contributed by atoms with Crippen LogP contribution in [0.3, 0.4) is 0 Å². The fraction of sp³-hybridized carbons (Fsp3) is 0.857. The fourth-order valence-corrected chi connectivity index (χ4v) is 2.36. The monoisotopic (exact) mass is 271 g/mol. The van der Waals surface area contributed by atoms with E-state index in [2.05, 4.69) is 5.32 Å². The second-order valence-corrected chi connectivity index (χ2v) is 5.16. The quantitative estimate of drug-likeness (QED) is 0.742. The molecule has 0 radical (unpaired) electrons. The van der Waals surface area contributed by atoms with E-state index in [1.54, 1.807) is 0 Å². The van der Waals surface area contributed by atoms with Crippen LogP contribution in [0.4, 0.5) is 0 Å². The molecule has 5 heteroatoms. The van der Waals surface area contributed by atoms with E-state index in [0.29, 0.717) is 25.9 Å². The molecule has 0 aromatic carbocycles. The maximum atomic E-state index is 12.1. The predicted molar refractivity (Wildman–Crippen MR) is 71.8 cm³/mol. The highest BCUT2D eigenvalue weighted by Gasteiger charge is 2.29. The highest BCUT2D eigenvalue weighted by Crippen LogP contribution is 2.22. The molecule has 1 aliphatic heterocycles. The zero-order valence-electron chi connectivity index (χ0n) is 11.9. The summed E-state index contributed by atoms with van der Waals surface area (Å²) in [4.78, 5) is 23.2. The molecule has 1 aliphatic rings. The lowest BCUT2D eigenvalue weighted by molar-refractivity contribution is -0.143. The van der Waals surface area contributed by atoms with E-state index in [-0.39, 0.29) is 17.9 Å². The SMILES string of the molecule is CCCC[C@H](NC(=O)C1CCOC(CC)C1)C(=O)O. The summed E-state index contributed by atoms with van der Waals surface area (Å²) in [6.45, 7) is 4.63. The Morgan fingerprint density at radius 1 is 1.42 bits per heavy atom. The number of carbonyl (C=O) groups excluding carboxylic acids is 1. The average Bonchev–Trinajstić information content (AvgIpc) is 2.42. The van der Waals surface area contributed by atoms with Crippen molar-refractivity contribution >= 4 is 11.9 Å². The number of ether oxygens (including phenoxy) is 1. The van der Waals surface area contributed by atoms with Crippen LogP contribution in [0.2, 0.25) is 0 Å². The van der Waals surface area contributed by atoms with Crippen LogP contribution in [0.15, 0.2) is 0 Å². The number of amides is 1. The number of carbonyl (C=O) groups is 2. The van der Waals surface area contributed by atoms with Crippen LogP contribution in [0.25, 0.3) is 0 Å². The van der Waals surface area contributed by atoms with Crippen molar-refractivity contribution in [2.75, 3.05) is 6.61 Å². The summed E-state index contributed by atoms with van der Waals surface area (Å²) in [5.41, 5.74) is 0. The first kappa shape index (κ1) is 16.0. The highest BCUT2D eigenvalue weighted by molar-refractivity contribution is 5.85. The molecule has 0 aromatic heterocycles. The summed E-state index contributed by atoms with van der Waals surface area (Å²) in [5.74, 6) is -1.19. The van der Waals surface area contributed by atoms with E-state index >= 15 is 0 Å². The van der Waals surface area contributed by atoms with Gasteiger partial charge in [0.2, 0.25) is 5.91 Å². The molecule has 110 valence electrons. The van der Waals surface area contributed by atoms with E-state index < -0.39 is 12.0 Å². The zero-order chi connectivity index (χ0) is 14.3. The van der Waals surface area contributed by atoms with Crippen LogP contribution >= 0.6 is 0 Å². The Hall–Kier alpha value is -1.10. The molecule has 0 aliphatic carbocycles. The van der Waals surface area contributed by atoms with Crippen molar-refractivity contribution in [2.24, 2.45) is 5.92 Å². The predicted octanol–water partition coefficient (Wildman–Crippen LogP) is 1.95. The molecule has 2 N–H and O–H groups in total. The highest BCUT2D eigenvalue weighted by atomic mass is 16.5. The second kappa shape index (κ2) is 8.15. The van der Waals surface area contributed by atoms with E-state index in [1.165, 1.54) is 0 Å². The normalized spacial score (nSPS) is 24.7. The molecule has 1 saturated heterocycles. The van der Waals surface area contributed by atoms with Crippen LogP contribution in [0, 0.1) is 5.92 Å². The lowest BCUT2D eigenvalue weighted by Gasteiger charge is -2.29. The molecule has 1 heterocycles. The van der Waals surface area contributed by atoms with Crippen molar-refractivity contribution in [1.82, 2.24) is 5.32 Å². The van der Waals surface area contributed by atoms with Crippen LogP contribution < -0.4 is 5.32 Å². The Labute approximate surface area is 114 Å². The van der Waals surface area contributed by atoms with Crippen LogP contribution in [-0.2, 0) is 14.3 Å². The Balaban J connectivity index is 2.48. The summed E-state index contributed by atoms with van der Waals surface area (Å²) < 4.78 is 5.53. The van der Waals surface area contributed by atoms with Crippen molar-refractivity contribution in [1.29, 1.82) is 0 Å². The fourth-order valence-electron chi connectivity index (χ4n) is 2.36. The second-order valence-electron chi connectivity index (χ2n) is 5.16. The van der Waals surface area contributed by atoms with E-state index in [9.17, 15) is 9.59 Å². The molecule has 5 nitrogen and oxygen atoms in total. The minimum Gasteiger partial charge on any atom is -0.480 e. The molecular formula is C14H25NO4. The van der Waals surface area contributed by atoms with Gasteiger partial charge in [0, 0.05) is 12.5 Å². The smallest absolute Gasteiger partial charge is 0.326 e. The Morgan fingerprint density at radius 2 is 2.16 bits per heavy atom. The van der Waals surface area contributed by atoms with Gasteiger partial charge in [-0.05, 0) is 25.7 Å². The van der Waals surface area contributed by atoms with E-state index in [4.69, 9.17) is 9.84 Å². The number of carboxylic acid groups (broad SMARTS) is 1. The summed E-state index contributed by atoms with van der Waals surface area (Å²) in [7, 11) is 0. The lowest BCUT2D eigenvalue weighted by atomic mass is 9.93. The maximum Gasteiger partial charge on any atom is 0.326 e. The molecule has 3 atom stereocenters. The van der Waals surface area contributed by atoms with Crippen molar-refractivity contribution in [3.63, 3.8) is 0 Å². The largest absolute Gasteiger partial charge is 0.480 e. The Bertz CT molecular complexity index is 306. The van der Waals surface area contributed by atoms with E-state index in [1.807, 2.05) is 13.8 Å². The third kappa shape index (κ3) is 5.19. The lowest BCUT2D eigenvalue weighted by Crippen LogP contribution is -2.45. The Morgan fingerprint density at radius 3 is 2.74 bits per heavy atom. The minimum atomic E-state index is -0.944. The molecule has 0 bridgehead atoms. The molecule has 0 saturated carbocycles. The Kier molecular flexibility index (Phi) is 6.84.